The quantitative estimate of drug-likeness (QED) is 0.0261. The van der Waals surface area contributed by atoms with Crippen molar-refractivity contribution in [3.8, 4) is 0 Å². The van der Waals surface area contributed by atoms with Crippen molar-refractivity contribution >= 4 is 17.9 Å². The molecule has 0 fully saturated rings. The second-order valence-electron chi connectivity index (χ2n) is 19.9. The fourth-order valence-corrected chi connectivity index (χ4v) is 8.23. The van der Waals surface area contributed by atoms with E-state index in [2.05, 4.69) is 130 Å². The molecule has 416 valence electrons. The van der Waals surface area contributed by atoms with Gasteiger partial charge in [0.25, 0.3) is 0 Å². The average Bonchev–Trinajstić information content (AvgIpc) is 3.39. The van der Waals surface area contributed by atoms with Crippen LogP contribution < -0.4 is 0 Å². The predicted octanol–water partition coefficient (Wildman–Crippen LogP) is 20.7. The van der Waals surface area contributed by atoms with Gasteiger partial charge in [-0.25, -0.2) is 0 Å². The number of esters is 3. The van der Waals surface area contributed by atoms with E-state index >= 15 is 0 Å². The van der Waals surface area contributed by atoms with Crippen molar-refractivity contribution in [2.45, 2.75) is 284 Å². The monoisotopic (exact) mass is 1010 g/mol. The Morgan fingerprint density at radius 1 is 0.288 bits per heavy atom. The van der Waals surface area contributed by atoms with E-state index in [0.717, 1.165) is 128 Å². The van der Waals surface area contributed by atoms with Crippen LogP contribution in [0.2, 0.25) is 0 Å². The van der Waals surface area contributed by atoms with Crippen LogP contribution in [0, 0.1) is 0 Å². The molecule has 0 saturated heterocycles. The normalized spacial score (nSPS) is 12.9. The SMILES string of the molecule is CC/C=C\C/C=C\C/C=C\C/C=C\C/C=C\C/C=C\C/C=C\C/C=C\CCCCCCCCCCCCC(=O)OCC(COC(=O)CCCCCCCCCCCC)OC(=O)CCCCCCC/C=C\CCC. The maximum Gasteiger partial charge on any atom is 0.306 e. The van der Waals surface area contributed by atoms with Crippen molar-refractivity contribution in [3.63, 3.8) is 0 Å². The summed E-state index contributed by atoms with van der Waals surface area (Å²) >= 11 is 0. The molecule has 0 spiro atoms. The molecule has 0 saturated carbocycles. The van der Waals surface area contributed by atoms with Crippen LogP contribution in [0.4, 0.5) is 0 Å². The molecule has 1 unspecified atom stereocenters. The van der Waals surface area contributed by atoms with Gasteiger partial charge in [-0.1, -0.05) is 265 Å². The van der Waals surface area contributed by atoms with Crippen molar-refractivity contribution in [2.24, 2.45) is 0 Å². The fraction of sp³-hybridized carbons (Fsp3) is 0.687. The molecule has 6 nitrogen and oxygen atoms in total. The molecule has 0 N–H and O–H groups in total. The summed E-state index contributed by atoms with van der Waals surface area (Å²) in [5.41, 5.74) is 0. The standard InChI is InChI=1S/C67H112O6/c1-4-7-10-13-16-19-22-23-24-25-26-27-28-29-30-31-32-33-34-35-36-37-38-39-40-41-42-43-44-45-46-49-51-54-57-60-66(69)72-63-64(73-67(70)61-58-55-52-48-21-18-15-12-9-6-3)62-71-65(68)59-56-53-50-47-20-17-14-11-8-5-2/h7,10,12,15-16,19,23-24,26-27,29-30,32-33,35-36,38-39,64H,4-6,8-9,11,13-14,17-18,20-22,25,28,31,34,37,40-63H2,1-3H3/b10-7-,15-12-,19-16-,24-23-,27-26-,30-29-,33-32-,36-35-,39-38-. The summed E-state index contributed by atoms with van der Waals surface area (Å²) in [4.78, 5) is 38.0. The Labute approximate surface area is 450 Å². The zero-order valence-electron chi connectivity index (χ0n) is 47.6. The van der Waals surface area contributed by atoms with Crippen LogP contribution in [0.3, 0.4) is 0 Å². The molecule has 0 aliphatic heterocycles. The van der Waals surface area contributed by atoms with Gasteiger partial charge in [0, 0.05) is 19.3 Å². The van der Waals surface area contributed by atoms with Crippen molar-refractivity contribution < 1.29 is 28.6 Å². The molecule has 0 aliphatic rings. The van der Waals surface area contributed by atoms with E-state index < -0.39 is 6.10 Å². The highest BCUT2D eigenvalue weighted by molar-refractivity contribution is 5.71. The molecule has 1 atom stereocenters. The first kappa shape index (κ1) is 69.1. The Morgan fingerprint density at radius 2 is 0.562 bits per heavy atom. The first-order valence-electron chi connectivity index (χ1n) is 30.4. The summed E-state index contributed by atoms with van der Waals surface area (Å²) in [6.07, 6.45) is 82.5. The summed E-state index contributed by atoms with van der Waals surface area (Å²) < 4.78 is 16.8. The summed E-state index contributed by atoms with van der Waals surface area (Å²) in [6, 6.07) is 0. The van der Waals surface area contributed by atoms with Gasteiger partial charge < -0.3 is 14.2 Å². The highest BCUT2D eigenvalue weighted by Crippen LogP contribution is 2.15. The van der Waals surface area contributed by atoms with E-state index in [1.54, 1.807) is 0 Å². The fourth-order valence-electron chi connectivity index (χ4n) is 8.23. The Balaban J connectivity index is 4.08. The van der Waals surface area contributed by atoms with Crippen molar-refractivity contribution in [1.29, 1.82) is 0 Å². The molecule has 0 aromatic heterocycles. The molecule has 73 heavy (non-hydrogen) atoms. The van der Waals surface area contributed by atoms with E-state index in [-0.39, 0.29) is 31.1 Å². The number of hydrogen-bond donors (Lipinski definition) is 0. The van der Waals surface area contributed by atoms with Gasteiger partial charge in [0.15, 0.2) is 6.10 Å². The lowest BCUT2D eigenvalue weighted by Gasteiger charge is -2.18. The lowest BCUT2D eigenvalue weighted by Crippen LogP contribution is -2.30. The summed E-state index contributed by atoms with van der Waals surface area (Å²) in [6.45, 7) is 6.44. The van der Waals surface area contributed by atoms with Gasteiger partial charge in [-0.05, 0) is 103 Å². The summed E-state index contributed by atoms with van der Waals surface area (Å²) in [5, 5.41) is 0. The molecule has 0 aromatic rings. The Morgan fingerprint density at radius 3 is 0.904 bits per heavy atom. The van der Waals surface area contributed by atoms with Crippen LogP contribution in [-0.4, -0.2) is 37.2 Å². The van der Waals surface area contributed by atoms with Gasteiger partial charge in [-0.3, -0.25) is 14.4 Å². The maximum atomic E-state index is 12.8. The molecule has 6 heteroatoms. The minimum absolute atomic E-state index is 0.0800. The van der Waals surface area contributed by atoms with Crippen molar-refractivity contribution in [1.82, 2.24) is 0 Å². The molecule has 0 amide bonds. The van der Waals surface area contributed by atoms with Gasteiger partial charge in [-0.15, -0.1) is 0 Å². The first-order chi connectivity index (χ1) is 36.0. The van der Waals surface area contributed by atoms with Gasteiger partial charge in [-0.2, -0.15) is 0 Å². The molecule has 0 bridgehead atoms. The number of hydrogen-bond acceptors (Lipinski definition) is 6. The molecule has 0 rings (SSSR count). The third kappa shape index (κ3) is 58.8. The van der Waals surface area contributed by atoms with E-state index in [0.29, 0.717) is 19.3 Å². The Bertz CT molecular complexity index is 1490. The largest absolute Gasteiger partial charge is 0.462 e. The van der Waals surface area contributed by atoms with Gasteiger partial charge in [0.1, 0.15) is 13.2 Å². The van der Waals surface area contributed by atoms with Crippen LogP contribution in [0.5, 0.6) is 0 Å². The Hall–Kier alpha value is -3.93. The highest BCUT2D eigenvalue weighted by atomic mass is 16.6. The van der Waals surface area contributed by atoms with Crippen molar-refractivity contribution in [2.75, 3.05) is 13.2 Å². The average molecular weight is 1010 g/mol. The number of unbranched alkanes of at least 4 members (excludes halogenated alkanes) is 25. The third-order valence-corrected chi connectivity index (χ3v) is 12.7. The third-order valence-electron chi connectivity index (χ3n) is 12.7. The van der Waals surface area contributed by atoms with Crippen molar-refractivity contribution in [3.05, 3.63) is 109 Å². The van der Waals surface area contributed by atoms with Gasteiger partial charge in [0.2, 0.25) is 0 Å². The lowest BCUT2D eigenvalue weighted by atomic mass is 10.1. The van der Waals surface area contributed by atoms with Crippen LogP contribution in [0.15, 0.2) is 109 Å². The van der Waals surface area contributed by atoms with E-state index in [1.807, 2.05) is 0 Å². The number of carbonyl (C=O) groups is 3. The highest BCUT2D eigenvalue weighted by Gasteiger charge is 2.19. The molecule has 0 radical (unpaired) electrons. The minimum Gasteiger partial charge on any atom is -0.462 e. The molecular formula is C67H112O6. The summed E-state index contributed by atoms with van der Waals surface area (Å²) in [7, 11) is 0. The molecular weight excluding hydrogens is 901 g/mol. The maximum absolute atomic E-state index is 12.8. The zero-order chi connectivity index (χ0) is 52.9. The molecule has 0 aromatic carbocycles. The number of rotatable bonds is 54. The molecule has 0 aliphatic carbocycles. The smallest absolute Gasteiger partial charge is 0.306 e. The zero-order valence-corrected chi connectivity index (χ0v) is 47.6. The number of ether oxygens (including phenoxy) is 3. The summed E-state index contributed by atoms with van der Waals surface area (Å²) in [5.74, 6) is -0.896. The topological polar surface area (TPSA) is 78.9 Å². The lowest BCUT2D eigenvalue weighted by molar-refractivity contribution is -0.167. The van der Waals surface area contributed by atoms with Gasteiger partial charge in [0.05, 0.1) is 0 Å². The number of carbonyl (C=O) groups excluding carboxylic acids is 3. The number of allylic oxidation sites excluding steroid dienone is 18. The van der Waals surface area contributed by atoms with Crippen LogP contribution >= 0.6 is 0 Å². The molecule has 0 heterocycles. The second kappa shape index (κ2) is 60.6. The first-order valence-corrected chi connectivity index (χ1v) is 30.4. The van der Waals surface area contributed by atoms with E-state index in [1.165, 1.54) is 109 Å². The minimum atomic E-state index is -0.780. The van der Waals surface area contributed by atoms with E-state index in [9.17, 15) is 14.4 Å². The van der Waals surface area contributed by atoms with E-state index in [4.69, 9.17) is 14.2 Å². The Kier molecular flexibility index (Phi) is 57.4. The van der Waals surface area contributed by atoms with Gasteiger partial charge >= 0.3 is 17.9 Å². The van der Waals surface area contributed by atoms with Crippen LogP contribution in [0.1, 0.15) is 278 Å². The predicted molar refractivity (Wildman–Crippen MR) is 316 cm³/mol. The second-order valence-corrected chi connectivity index (χ2v) is 19.9. The van der Waals surface area contributed by atoms with Crippen LogP contribution in [0.25, 0.3) is 0 Å². The van der Waals surface area contributed by atoms with Crippen LogP contribution in [-0.2, 0) is 28.6 Å².